The molecule has 0 aliphatic heterocycles. The normalized spacial score (nSPS) is 12.1. The Morgan fingerprint density at radius 2 is 1.82 bits per heavy atom. The van der Waals surface area contributed by atoms with E-state index in [0.717, 1.165) is 10.7 Å². The number of carbonyl (C=O) groups is 1. The fourth-order valence-electron chi connectivity index (χ4n) is 2.66. The number of nitrogens with zero attached hydrogens (tertiary/aromatic N) is 2. The summed E-state index contributed by atoms with van der Waals surface area (Å²) in [7, 11) is 0. The van der Waals surface area contributed by atoms with Crippen molar-refractivity contribution >= 4 is 5.97 Å². The molecule has 1 aromatic carbocycles. The highest BCUT2D eigenvalue weighted by Gasteiger charge is 2.34. The number of hydrogen-bond acceptors (Lipinski definition) is 5. The molecule has 152 valence electrons. The van der Waals surface area contributed by atoms with E-state index in [-0.39, 0.29) is 17.9 Å². The summed E-state index contributed by atoms with van der Waals surface area (Å²) >= 11 is 0. The molecule has 0 amide bonds. The second-order valence-electron chi connectivity index (χ2n) is 7.16. The molecule has 0 saturated heterocycles. The maximum Gasteiger partial charge on any atom is 0.416 e. The van der Waals surface area contributed by atoms with Crippen LogP contribution in [-0.2, 0) is 22.9 Å². The zero-order chi connectivity index (χ0) is 21.3. The molecule has 0 atom stereocenters. The third-order valence-corrected chi connectivity index (χ3v) is 3.96. The highest BCUT2D eigenvalue weighted by atomic mass is 19.4. The van der Waals surface area contributed by atoms with Crippen LogP contribution in [0.3, 0.4) is 0 Å². The first kappa shape index (κ1) is 21.5. The summed E-state index contributed by atoms with van der Waals surface area (Å²) in [6.45, 7) is 6.01. The van der Waals surface area contributed by atoms with Gasteiger partial charge in [-0.2, -0.15) is 18.3 Å². The standard InChI is InChI=1S/C19H21F3N2O4/c1-5-28-17(27)13-14(25)15(18(2,3)4)23-24(16(13)26)10-11-8-6-7-9-12(11)19(20,21)22/h6-9,25H,5,10H2,1-4H3. The van der Waals surface area contributed by atoms with Crippen LogP contribution in [0.1, 0.15) is 54.9 Å². The van der Waals surface area contributed by atoms with Gasteiger partial charge in [0, 0.05) is 5.41 Å². The van der Waals surface area contributed by atoms with Crippen molar-refractivity contribution in [3.8, 4) is 5.75 Å². The molecule has 0 saturated carbocycles. The molecule has 0 spiro atoms. The summed E-state index contributed by atoms with van der Waals surface area (Å²) in [5.74, 6) is -1.69. The smallest absolute Gasteiger partial charge is 0.416 e. The zero-order valence-electron chi connectivity index (χ0n) is 15.9. The number of hydrogen-bond donors (Lipinski definition) is 1. The van der Waals surface area contributed by atoms with Crippen LogP contribution in [0.5, 0.6) is 5.75 Å². The van der Waals surface area contributed by atoms with Crippen LogP contribution in [0.4, 0.5) is 13.2 Å². The average molecular weight is 398 g/mol. The SMILES string of the molecule is CCOC(=O)c1c(O)c(C(C)(C)C)nn(Cc2ccccc2C(F)(F)F)c1=O. The number of aromatic hydroxyl groups is 1. The fourth-order valence-corrected chi connectivity index (χ4v) is 2.66. The minimum absolute atomic E-state index is 0.000331. The number of alkyl halides is 3. The van der Waals surface area contributed by atoms with Gasteiger partial charge in [0.1, 0.15) is 5.69 Å². The van der Waals surface area contributed by atoms with Crippen LogP contribution >= 0.6 is 0 Å². The van der Waals surface area contributed by atoms with E-state index in [1.807, 2.05) is 0 Å². The molecular formula is C19H21F3N2O4. The second kappa shape index (κ2) is 7.65. The van der Waals surface area contributed by atoms with E-state index in [1.165, 1.54) is 25.1 Å². The molecular weight excluding hydrogens is 377 g/mol. The minimum Gasteiger partial charge on any atom is -0.505 e. The number of benzene rings is 1. The molecule has 0 bridgehead atoms. The van der Waals surface area contributed by atoms with Crippen molar-refractivity contribution in [2.45, 2.75) is 45.8 Å². The Hall–Kier alpha value is -2.84. The van der Waals surface area contributed by atoms with Gasteiger partial charge in [0.15, 0.2) is 11.3 Å². The number of aromatic nitrogens is 2. The Morgan fingerprint density at radius 1 is 1.21 bits per heavy atom. The lowest BCUT2D eigenvalue weighted by molar-refractivity contribution is -0.138. The summed E-state index contributed by atoms with van der Waals surface area (Å²) in [5.41, 5.74) is -3.56. The van der Waals surface area contributed by atoms with Crippen LogP contribution in [0.25, 0.3) is 0 Å². The zero-order valence-corrected chi connectivity index (χ0v) is 15.9. The molecule has 1 aromatic heterocycles. The first-order valence-corrected chi connectivity index (χ1v) is 8.54. The molecule has 0 radical (unpaired) electrons. The van der Waals surface area contributed by atoms with Crippen molar-refractivity contribution in [2.75, 3.05) is 6.61 Å². The number of carbonyl (C=O) groups excluding carboxylic acids is 1. The number of rotatable bonds is 4. The molecule has 0 aliphatic rings. The van der Waals surface area contributed by atoms with Gasteiger partial charge in [0.25, 0.3) is 5.56 Å². The largest absolute Gasteiger partial charge is 0.505 e. The molecule has 0 aliphatic carbocycles. The summed E-state index contributed by atoms with van der Waals surface area (Å²) in [6.07, 6.45) is -4.62. The Bertz CT molecular complexity index is 944. The van der Waals surface area contributed by atoms with Crippen molar-refractivity contribution in [2.24, 2.45) is 0 Å². The number of halogens is 3. The summed E-state index contributed by atoms with van der Waals surface area (Å²) in [6, 6.07) is 4.78. The molecule has 1 heterocycles. The van der Waals surface area contributed by atoms with E-state index in [1.54, 1.807) is 20.8 Å². The van der Waals surface area contributed by atoms with Gasteiger partial charge in [-0.25, -0.2) is 9.48 Å². The first-order valence-electron chi connectivity index (χ1n) is 8.54. The lowest BCUT2D eigenvalue weighted by Gasteiger charge is -2.22. The molecule has 2 aromatic rings. The third-order valence-electron chi connectivity index (χ3n) is 3.96. The monoisotopic (exact) mass is 398 g/mol. The molecule has 9 heteroatoms. The highest BCUT2D eigenvalue weighted by molar-refractivity contribution is 5.92. The van der Waals surface area contributed by atoms with Crippen LogP contribution in [0.2, 0.25) is 0 Å². The molecule has 6 nitrogen and oxygen atoms in total. The highest BCUT2D eigenvalue weighted by Crippen LogP contribution is 2.33. The van der Waals surface area contributed by atoms with Gasteiger partial charge in [-0.1, -0.05) is 39.0 Å². The lowest BCUT2D eigenvalue weighted by Crippen LogP contribution is -2.34. The van der Waals surface area contributed by atoms with E-state index in [2.05, 4.69) is 5.10 Å². The lowest BCUT2D eigenvalue weighted by atomic mass is 9.90. The van der Waals surface area contributed by atoms with Crippen molar-refractivity contribution in [3.63, 3.8) is 0 Å². The van der Waals surface area contributed by atoms with Crippen molar-refractivity contribution in [1.82, 2.24) is 9.78 Å². The predicted molar refractivity (Wildman–Crippen MR) is 95.4 cm³/mol. The van der Waals surface area contributed by atoms with Crippen LogP contribution in [0, 0.1) is 0 Å². The molecule has 1 N–H and O–H groups in total. The van der Waals surface area contributed by atoms with Crippen molar-refractivity contribution in [1.29, 1.82) is 0 Å². The van der Waals surface area contributed by atoms with Gasteiger partial charge in [0.05, 0.1) is 18.7 Å². The van der Waals surface area contributed by atoms with E-state index in [9.17, 15) is 27.9 Å². The Kier molecular flexibility index (Phi) is 5.86. The Morgan fingerprint density at radius 3 is 2.36 bits per heavy atom. The Labute approximate surface area is 159 Å². The van der Waals surface area contributed by atoms with Crippen molar-refractivity contribution in [3.05, 3.63) is 57.0 Å². The van der Waals surface area contributed by atoms with Gasteiger partial charge >= 0.3 is 12.1 Å². The fraction of sp³-hybridized carbons (Fsp3) is 0.421. The van der Waals surface area contributed by atoms with E-state index in [4.69, 9.17) is 4.74 Å². The van der Waals surface area contributed by atoms with Crippen molar-refractivity contribution < 1.29 is 27.8 Å². The molecule has 2 rings (SSSR count). The van der Waals surface area contributed by atoms with Gasteiger partial charge in [-0.3, -0.25) is 4.79 Å². The topological polar surface area (TPSA) is 81.4 Å². The quantitative estimate of drug-likeness (QED) is 0.798. The Balaban J connectivity index is 2.71. The number of ether oxygens (including phenoxy) is 1. The third kappa shape index (κ3) is 4.35. The molecule has 0 unspecified atom stereocenters. The van der Waals surface area contributed by atoms with E-state index < -0.39 is 46.5 Å². The van der Waals surface area contributed by atoms with Gasteiger partial charge in [-0.05, 0) is 18.6 Å². The number of esters is 1. The van der Waals surface area contributed by atoms with E-state index in [0.29, 0.717) is 0 Å². The first-order chi connectivity index (χ1) is 12.9. The second-order valence-corrected chi connectivity index (χ2v) is 7.16. The minimum atomic E-state index is -4.62. The predicted octanol–water partition coefficient (Wildman–Crippen LogP) is 3.49. The maximum absolute atomic E-state index is 13.3. The van der Waals surface area contributed by atoms with Gasteiger partial charge in [0.2, 0.25) is 0 Å². The average Bonchev–Trinajstić information content (AvgIpc) is 2.56. The van der Waals surface area contributed by atoms with Crippen LogP contribution in [0.15, 0.2) is 29.1 Å². The van der Waals surface area contributed by atoms with Crippen LogP contribution < -0.4 is 5.56 Å². The van der Waals surface area contributed by atoms with Gasteiger partial charge < -0.3 is 9.84 Å². The molecule has 0 fully saturated rings. The van der Waals surface area contributed by atoms with Crippen LogP contribution in [-0.4, -0.2) is 27.5 Å². The van der Waals surface area contributed by atoms with E-state index >= 15 is 0 Å². The maximum atomic E-state index is 13.3. The summed E-state index contributed by atoms with van der Waals surface area (Å²) < 4.78 is 45.4. The summed E-state index contributed by atoms with van der Waals surface area (Å²) in [5, 5.41) is 14.5. The molecule has 28 heavy (non-hydrogen) atoms. The summed E-state index contributed by atoms with van der Waals surface area (Å²) in [4.78, 5) is 24.9. The van der Waals surface area contributed by atoms with Gasteiger partial charge in [-0.15, -0.1) is 0 Å².